The van der Waals surface area contributed by atoms with Crippen LogP contribution < -0.4 is 0 Å². The van der Waals surface area contributed by atoms with Crippen LogP contribution in [0.25, 0.3) is 92.4 Å². The molecular weight excluding hydrogens is 571 g/mol. The summed E-state index contributed by atoms with van der Waals surface area (Å²) in [6, 6.07) is 48.9. The maximum absolute atomic E-state index is 6.48. The lowest BCUT2D eigenvalue weighted by molar-refractivity contribution is 0.666. The molecule has 210 valence electrons. The number of furan rings is 1. The summed E-state index contributed by atoms with van der Waals surface area (Å²) in [5.41, 5.74) is 8.61. The Morgan fingerprint density at radius 1 is 0.511 bits per heavy atom. The first kappa shape index (κ1) is 24.6. The summed E-state index contributed by atoms with van der Waals surface area (Å²) in [4.78, 5) is 10.6. The van der Waals surface area contributed by atoms with E-state index in [0.717, 1.165) is 44.3 Å². The van der Waals surface area contributed by atoms with Gasteiger partial charge in [0.2, 0.25) is 5.95 Å². The molecule has 10 rings (SSSR count). The van der Waals surface area contributed by atoms with Crippen molar-refractivity contribution in [2.45, 2.75) is 0 Å². The molecule has 0 fully saturated rings. The molecule has 0 amide bonds. The molecule has 4 aromatic heterocycles. The van der Waals surface area contributed by atoms with Crippen LogP contribution in [0.4, 0.5) is 0 Å². The third-order valence-corrected chi connectivity index (χ3v) is 10.0. The van der Waals surface area contributed by atoms with Crippen LogP contribution in [0.2, 0.25) is 0 Å². The fourth-order valence-electron chi connectivity index (χ4n) is 6.76. The molecule has 0 N–H and O–H groups in total. The second-order valence-corrected chi connectivity index (χ2v) is 12.4. The van der Waals surface area contributed by atoms with Crippen molar-refractivity contribution >= 4 is 75.4 Å². The average Bonchev–Trinajstić information content (AvgIpc) is 3.78. The lowest BCUT2D eigenvalue weighted by atomic mass is 10.0. The zero-order valence-corrected chi connectivity index (χ0v) is 24.8. The van der Waals surface area contributed by atoms with Crippen LogP contribution in [0, 0.1) is 0 Å². The molecular formula is C40H23N3OS. The lowest BCUT2D eigenvalue weighted by Crippen LogP contribution is -2.03. The number of hydrogen-bond acceptors (Lipinski definition) is 4. The SMILES string of the molecule is c1ccc(-c2ccc(-c3nc(-n4c5ccccc5c5ccc6c7ccccc7sc6c54)nc4c3oc3ccccc34)cc2)cc1. The number of aromatic nitrogens is 3. The van der Waals surface area contributed by atoms with Crippen molar-refractivity contribution in [1.29, 1.82) is 0 Å². The third-order valence-electron chi connectivity index (χ3n) is 8.85. The average molecular weight is 594 g/mol. The van der Waals surface area contributed by atoms with Gasteiger partial charge in [-0.25, -0.2) is 9.97 Å². The van der Waals surface area contributed by atoms with E-state index in [-0.39, 0.29) is 0 Å². The van der Waals surface area contributed by atoms with Crippen molar-refractivity contribution in [1.82, 2.24) is 14.5 Å². The van der Waals surface area contributed by atoms with Gasteiger partial charge in [-0.2, -0.15) is 0 Å². The summed E-state index contributed by atoms with van der Waals surface area (Å²) in [5, 5.41) is 5.87. The van der Waals surface area contributed by atoms with Crippen LogP contribution in [-0.4, -0.2) is 14.5 Å². The van der Waals surface area contributed by atoms with Gasteiger partial charge < -0.3 is 4.42 Å². The first-order valence-corrected chi connectivity index (χ1v) is 15.8. The summed E-state index contributed by atoms with van der Waals surface area (Å²) in [5.74, 6) is 0.632. The molecule has 4 nitrogen and oxygen atoms in total. The summed E-state index contributed by atoms with van der Waals surface area (Å²) in [6.45, 7) is 0. The Morgan fingerprint density at radius 3 is 2.04 bits per heavy atom. The number of rotatable bonds is 3. The largest absolute Gasteiger partial charge is 0.452 e. The molecule has 45 heavy (non-hydrogen) atoms. The van der Waals surface area contributed by atoms with Gasteiger partial charge in [-0.3, -0.25) is 4.57 Å². The number of thiophene rings is 1. The van der Waals surface area contributed by atoms with Crippen molar-refractivity contribution in [2.24, 2.45) is 0 Å². The molecule has 0 aliphatic heterocycles. The molecule has 0 saturated heterocycles. The molecule has 0 unspecified atom stereocenters. The van der Waals surface area contributed by atoms with E-state index in [9.17, 15) is 0 Å². The Kier molecular flexibility index (Phi) is 5.12. The van der Waals surface area contributed by atoms with E-state index in [2.05, 4.69) is 120 Å². The van der Waals surface area contributed by atoms with Gasteiger partial charge in [0.1, 0.15) is 16.8 Å². The molecule has 5 heteroatoms. The smallest absolute Gasteiger partial charge is 0.236 e. The van der Waals surface area contributed by atoms with E-state index >= 15 is 0 Å². The molecule has 10 aromatic rings. The van der Waals surface area contributed by atoms with E-state index in [0.29, 0.717) is 11.5 Å². The van der Waals surface area contributed by atoms with Crippen molar-refractivity contribution < 1.29 is 4.42 Å². The van der Waals surface area contributed by atoms with Gasteiger partial charge >= 0.3 is 0 Å². The minimum absolute atomic E-state index is 0.632. The highest BCUT2D eigenvalue weighted by Crippen LogP contribution is 2.43. The molecule has 0 saturated carbocycles. The van der Waals surface area contributed by atoms with Crippen LogP contribution in [0.1, 0.15) is 0 Å². The monoisotopic (exact) mass is 593 g/mol. The van der Waals surface area contributed by atoms with Crippen LogP contribution in [-0.2, 0) is 0 Å². The Labute approximate surface area is 261 Å². The number of nitrogens with zero attached hydrogens (tertiary/aromatic N) is 3. The standard InChI is InChI=1S/C40H23N3OS/c1-2-10-24(11-3-1)25-18-20-26(21-19-25)35-38-36(31-14-5-8-16-33(31)44-38)42-40(41-35)43-32-15-7-4-12-27(32)29-22-23-30-28-13-6-9-17-34(28)45-39(30)37(29)43/h1-23H. The summed E-state index contributed by atoms with van der Waals surface area (Å²) in [7, 11) is 0. The first-order chi connectivity index (χ1) is 22.3. The Balaban J connectivity index is 1.31. The molecule has 4 heterocycles. The number of benzene rings is 6. The third kappa shape index (κ3) is 3.59. The molecule has 0 atom stereocenters. The minimum atomic E-state index is 0.632. The van der Waals surface area contributed by atoms with Crippen molar-refractivity contribution in [2.75, 3.05) is 0 Å². The summed E-state index contributed by atoms with van der Waals surface area (Å²) >= 11 is 1.83. The quantitative estimate of drug-likeness (QED) is 0.205. The van der Waals surface area contributed by atoms with Gasteiger partial charge in [0, 0.05) is 37.2 Å². The summed E-state index contributed by atoms with van der Waals surface area (Å²) < 4.78 is 11.2. The minimum Gasteiger partial charge on any atom is -0.452 e. The highest BCUT2D eigenvalue weighted by Gasteiger charge is 2.23. The lowest BCUT2D eigenvalue weighted by Gasteiger charge is -2.10. The number of para-hydroxylation sites is 2. The Hall–Kier alpha value is -5.78. The fraction of sp³-hybridized carbons (Fsp3) is 0. The van der Waals surface area contributed by atoms with Crippen LogP contribution in [0.15, 0.2) is 144 Å². The van der Waals surface area contributed by atoms with E-state index in [1.54, 1.807) is 0 Å². The zero-order chi connectivity index (χ0) is 29.5. The summed E-state index contributed by atoms with van der Waals surface area (Å²) in [6.07, 6.45) is 0. The molecule has 0 radical (unpaired) electrons. The van der Waals surface area contributed by atoms with Gasteiger partial charge in [-0.05, 0) is 35.4 Å². The maximum Gasteiger partial charge on any atom is 0.236 e. The van der Waals surface area contributed by atoms with Crippen LogP contribution in [0.3, 0.4) is 0 Å². The number of hydrogen-bond donors (Lipinski definition) is 0. The van der Waals surface area contributed by atoms with E-state index in [1.807, 2.05) is 35.6 Å². The Bertz CT molecular complexity index is 2750. The van der Waals surface area contributed by atoms with E-state index in [1.165, 1.54) is 36.5 Å². The molecule has 6 aromatic carbocycles. The molecule has 0 aliphatic rings. The second kappa shape index (κ2) is 9.36. The topological polar surface area (TPSA) is 43.9 Å². The molecule has 0 aliphatic carbocycles. The van der Waals surface area contributed by atoms with Crippen molar-refractivity contribution in [3.8, 4) is 28.3 Å². The maximum atomic E-state index is 6.48. The highest BCUT2D eigenvalue weighted by molar-refractivity contribution is 7.26. The van der Waals surface area contributed by atoms with Crippen molar-refractivity contribution in [3.05, 3.63) is 140 Å². The van der Waals surface area contributed by atoms with Crippen LogP contribution in [0.5, 0.6) is 0 Å². The normalized spacial score (nSPS) is 12.0. The fourth-order valence-corrected chi connectivity index (χ4v) is 8.00. The van der Waals surface area contributed by atoms with Gasteiger partial charge in [-0.1, -0.05) is 115 Å². The number of fused-ring (bicyclic) bond motifs is 10. The van der Waals surface area contributed by atoms with Crippen molar-refractivity contribution in [3.63, 3.8) is 0 Å². The predicted octanol–water partition coefficient (Wildman–Crippen LogP) is 11.2. The van der Waals surface area contributed by atoms with E-state index < -0.39 is 0 Å². The van der Waals surface area contributed by atoms with Gasteiger partial charge in [0.25, 0.3) is 0 Å². The van der Waals surface area contributed by atoms with Gasteiger partial charge in [0.15, 0.2) is 5.58 Å². The van der Waals surface area contributed by atoms with Gasteiger partial charge in [-0.15, -0.1) is 11.3 Å². The Morgan fingerprint density at radius 2 is 1.18 bits per heavy atom. The highest BCUT2D eigenvalue weighted by atomic mass is 32.1. The molecule has 0 spiro atoms. The second-order valence-electron chi connectivity index (χ2n) is 11.4. The molecule has 0 bridgehead atoms. The van der Waals surface area contributed by atoms with Gasteiger partial charge in [0.05, 0.1) is 15.7 Å². The first-order valence-electron chi connectivity index (χ1n) is 15.0. The van der Waals surface area contributed by atoms with Crippen LogP contribution >= 0.6 is 11.3 Å². The predicted molar refractivity (Wildman–Crippen MR) is 187 cm³/mol. The van der Waals surface area contributed by atoms with E-state index in [4.69, 9.17) is 14.4 Å². The zero-order valence-electron chi connectivity index (χ0n) is 23.9.